The molecule has 0 radical (unpaired) electrons. The van der Waals surface area contributed by atoms with Crippen LogP contribution in [0.2, 0.25) is 5.15 Å². The molecule has 3 N–H and O–H groups in total. The van der Waals surface area contributed by atoms with E-state index in [2.05, 4.69) is 16.0 Å². The zero-order chi connectivity index (χ0) is 27.7. The summed E-state index contributed by atoms with van der Waals surface area (Å²) in [4.78, 5) is 25.8. The fourth-order valence-electron chi connectivity index (χ4n) is 6.65. The van der Waals surface area contributed by atoms with Crippen molar-refractivity contribution in [1.82, 2.24) is 9.55 Å². The molecule has 4 fully saturated rings. The van der Waals surface area contributed by atoms with Crippen molar-refractivity contribution in [2.24, 2.45) is 11.8 Å². The molecule has 4 aliphatic rings. The molecular formula is C25H32ClN4O8P. The molecule has 39 heavy (non-hydrogen) atoms. The molecule has 0 amide bonds. The highest BCUT2D eigenvalue weighted by atomic mass is 35.5. The smallest absolute Gasteiger partial charge is 0.356 e. The minimum absolute atomic E-state index is 0.114. The van der Waals surface area contributed by atoms with Gasteiger partial charge in [0.15, 0.2) is 23.0 Å². The van der Waals surface area contributed by atoms with Crippen LogP contribution in [0, 0.1) is 23.2 Å². The Morgan fingerprint density at radius 2 is 1.97 bits per heavy atom. The number of pyridine rings is 1. The van der Waals surface area contributed by atoms with Gasteiger partial charge in [0.25, 0.3) is 0 Å². The van der Waals surface area contributed by atoms with Crippen molar-refractivity contribution < 1.29 is 38.4 Å². The number of fused-ring (bicyclic) bond motifs is 3. The van der Waals surface area contributed by atoms with E-state index in [1.165, 1.54) is 19.3 Å². The molecule has 3 aliphatic heterocycles. The van der Waals surface area contributed by atoms with Crippen molar-refractivity contribution in [2.75, 3.05) is 31.2 Å². The molecule has 2 unspecified atom stereocenters. The van der Waals surface area contributed by atoms with Gasteiger partial charge in [0.2, 0.25) is 0 Å². The summed E-state index contributed by atoms with van der Waals surface area (Å²) in [6.07, 6.45) is 2.80. The largest absolute Gasteiger partial charge is 0.393 e. The highest BCUT2D eigenvalue weighted by Gasteiger charge is 2.56. The Hall–Kier alpha value is -1.78. The Kier molecular flexibility index (Phi) is 6.98. The topological polar surface area (TPSA) is 160 Å². The van der Waals surface area contributed by atoms with E-state index < -0.39 is 50.4 Å². The molecule has 12 nitrogen and oxygen atoms in total. The number of aromatic nitrogens is 2. The lowest BCUT2D eigenvalue weighted by Crippen LogP contribution is -2.35. The molecule has 5 heterocycles. The highest BCUT2D eigenvalue weighted by Crippen LogP contribution is 2.48. The first-order valence-electron chi connectivity index (χ1n) is 13.1. The fourth-order valence-corrected chi connectivity index (χ4v) is 7.36. The second-order valence-electron chi connectivity index (χ2n) is 11.2. The summed E-state index contributed by atoms with van der Waals surface area (Å²) in [5.74, 6) is -1.38. The molecule has 0 spiro atoms. The van der Waals surface area contributed by atoms with Crippen LogP contribution >= 0.6 is 19.2 Å². The van der Waals surface area contributed by atoms with Crippen LogP contribution in [0.4, 0.5) is 5.69 Å². The van der Waals surface area contributed by atoms with Gasteiger partial charge in [0.1, 0.15) is 35.6 Å². The zero-order valence-electron chi connectivity index (χ0n) is 21.6. The van der Waals surface area contributed by atoms with Crippen LogP contribution in [-0.2, 0) is 23.5 Å². The van der Waals surface area contributed by atoms with Crippen LogP contribution in [0.25, 0.3) is 11.0 Å². The summed E-state index contributed by atoms with van der Waals surface area (Å²) in [5.41, 5.74) is 1.67. The van der Waals surface area contributed by atoms with Crippen molar-refractivity contribution in [2.45, 2.75) is 69.3 Å². The van der Waals surface area contributed by atoms with Crippen molar-refractivity contribution in [1.29, 1.82) is 5.26 Å². The van der Waals surface area contributed by atoms with E-state index in [1.54, 1.807) is 18.4 Å². The van der Waals surface area contributed by atoms with Gasteiger partial charge in [-0.25, -0.2) is 4.98 Å². The van der Waals surface area contributed by atoms with Crippen LogP contribution in [0.5, 0.6) is 0 Å². The molecule has 1 aliphatic carbocycles. The summed E-state index contributed by atoms with van der Waals surface area (Å²) >= 11 is 6.58. The molecule has 0 aromatic carbocycles. The Morgan fingerprint density at radius 3 is 2.62 bits per heavy atom. The number of hydrogen-bond donors (Lipinski definition) is 3. The monoisotopic (exact) mass is 582 g/mol. The van der Waals surface area contributed by atoms with Gasteiger partial charge >= 0.3 is 7.60 Å². The van der Waals surface area contributed by atoms with Gasteiger partial charge in [-0.2, -0.15) is 5.26 Å². The van der Waals surface area contributed by atoms with E-state index in [-0.39, 0.29) is 11.8 Å². The number of aliphatic hydroxyl groups is 1. The predicted molar refractivity (Wildman–Crippen MR) is 139 cm³/mol. The van der Waals surface area contributed by atoms with Crippen molar-refractivity contribution >= 4 is 35.9 Å². The van der Waals surface area contributed by atoms with Crippen LogP contribution in [0.15, 0.2) is 12.3 Å². The number of hydrogen-bond acceptors (Lipinski definition) is 9. The number of nitriles is 1. The molecule has 212 valence electrons. The average molecular weight is 583 g/mol. The minimum atomic E-state index is -4.68. The Labute approximate surface area is 230 Å². The third-order valence-corrected chi connectivity index (χ3v) is 9.66. The zero-order valence-corrected chi connectivity index (χ0v) is 23.3. The maximum atomic E-state index is 11.6. The lowest BCUT2D eigenvalue weighted by atomic mass is 10.0. The number of ether oxygens (including phenoxy) is 4. The first-order valence-corrected chi connectivity index (χ1v) is 15.2. The summed E-state index contributed by atoms with van der Waals surface area (Å²) in [6, 6.07) is 4.16. The molecule has 3 saturated heterocycles. The standard InChI is InChI=1S/C25H32ClN4O8P/c1-25(2)37-20-17(12-35-18(11-31)39(32,33)34)36-24(21(20)38-25)30-7-6-15-19(16(8-27)22(26)28-23(15)30)29-9-13-4-3-5-14(13)10-29/h6-7,13-14,17-18,20-21,24,31H,3-5,9-12H2,1-2H3,(H2,32,33,34)/t13?,14?,17-,18+,20-,21-,24-/m1/s1. The number of halogens is 1. The van der Waals surface area contributed by atoms with Gasteiger partial charge in [0.05, 0.1) is 18.9 Å². The van der Waals surface area contributed by atoms with Crippen LogP contribution in [-0.4, -0.2) is 80.7 Å². The van der Waals surface area contributed by atoms with E-state index >= 15 is 0 Å². The van der Waals surface area contributed by atoms with E-state index in [4.69, 9.17) is 30.5 Å². The fraction of sp³-hybridized carbons (Fsp3) is 0.680. The number of anilines is 1. The summed E-state index contributed by atoms with van der Waals surface area (Å²) in [7, 11) is -4.68. The van der Waals surface area contributed by atoms with Gasteiger partial charge in [-0.15, -0.1) is 0 Å². The first-order chi connectivity index (χ1) is 18.5. The number of nitrogens with zero attached hydrogens (tertiary/aromatic N) is 4. The minimum Gasteiger partial charge on any atom is -0.393 e. The van der Waals surface area contributed by atoms with Crippen LogP contribution < -0.4 is 4.90 Å². The molecular weight excluding hydrogens is 551 g/mol. The molecule has 0 bridgehead atoms. The molecule has 2 aromatic rings. The normalized spacial score (nSPS) is 32.5. The SMILES string of the molecule is CC1(C)O[C@@H]2[C@H](O1)[C@@H](CO[C@H](CO)P(=O)(O)O)O[C@H]2n1ccc2c(N3CC4CCCC4C3)c(C#N)c(Cl)nc21. The molecule has 1 saturated carbocycles. The van der Waals surface area contributed by atoms with Crippen LogP contribution in [0.3, 0.4) is 0 Å². The lowest BCUT2D eigenvalue weighted by molar-refractivity contribution is -0.202. The van der Waals surface area contributed by atoms with E-state index in [0.717, 1.165) is 24.2 Å². The maximum Gasteiger partial charge on any atom is 0.356 e. The second-order valence-corrected chi connectivity index (χ2v) is 13.4. The van der Waals surface area contributed by atoms with Gasteiger partial charge in [-0.3, -0.25) is 4.57 Å². The summed E-state index contributed by atoms with van der Waals surface area (Å²) < 4.78 is 37.4. The third-order valence-electron chi connectivity index (χ3n) is 8.33. The second kappa shape index (κ2) is 9.94. The van der Waals surface area contributed by atoms with Crippen molar-refractivity contribution in [3.05, 3.63) is 23.0 Å². The van der Waals surface area contributed by atoms with Gasteiger partial charge < -0.3 is 43.3 Å². The molecule has 2 aromatic heterocycles. The van der Waals surface area contributed by atoms with Crippen LogP contribution in [0.1, 0.15) is 44.9 Å². The lowest BCUT2D eigenvalue weighted by Gasteiger charge is -2.26. The molecule has 14 heteroatoms. The van der Waals surface area contributed by atoms with Crippen molar-refractivity contribution in [3.8, 4) is 6.07 Å². The first kappa shape index (κ1) is 27.4. The average Bonchev–Trinajstić information content (AvgIpc) is 3.64. The van der Waals surface area contributed by atoms with E-state index in [0.29, 0.717) is 23.0 Å². The van der Waals surface area contributed by atoms with Gasteiger partial charge in [-0.1, -0.05) is 18.0 Å². The Morgan fingerprint density at radius 1 is 1.28 bits per heavy atom. The predicted octanol–water partition coefficient (Wildman–Crippen LogP) is 2.73. The molecule has 7 atom stereocenters. The summed E-state index contributed by atoms with van der Waals surface area (Å²) in [5, 5.41) is 20.3. The number of aliphatic hydroxyl groups excluding tert-OH is 1. The van der Waals surface area contributed by atoms with Gasteiger partial charge in [-0.05, 0) is 44.6 Å². The molecule has 6 rings (SSSR count). The van der Waals surface area contributed by atoms with E-state index in [9.17, 15) is 24.7 Å². The Balaban J connectivity index is 1.34. The highest BCUT2D eigenvalue weighted by molar-refractivity contribution is 7.52. The van der Waals surface area contributed by atoms with Gasteiger partial charge in [0, 0.05) is 24.7 Å². The quantitative estimate of drug-likeness (QED) is 0.325. The summed E-state index contributed by atoms with van der Waals surface area (Å²) in [6.45, 7) is 4.22. The Bertz CT molecular complexity index is 1350. The van der Waals surface area contributed by atoms with E-state index in [1.807, 2.05) is 12.3 Å². The third kappa shape index (κ3) is 4.78. The number of rotatable bonds is 7. The van der Waals surface area contributed by atoms with Crippen molar-refractivity contribution in [3.63, 3.8) is 0 Å². The maximum absolute atomic E-state index is 11.6.